The zero-order chi connectivity index (χ0) is 17.5. The summed E-state index contributed by atoms with van der Waals surface area (Å²) >= 11 is 0. The van der Waals surface area contributed by atoms with Gasteiger partial charge in [0.1, 0.15) is 0 Å². The Morgan fingerprint density at radius 3 is 2.52 bits per heavy atom. The van der Waals surface area contributed by atoms with Crippen molar-refractivity contribution in [2.45, 2.75) is 20.3 Å². The first kappa shape index (κ1) is 19.6. The Bertz CT molecular complexity index is 616. The molecule has 0 fully saturated rings. The lowest BCUT2D eigenvalue weighted by Gasteiger charge is -2.25. The molecule has 0 radical (unpaired) electrons. The van der Waals surface area contributed by atoms with E-state index >= 15 is 0 Å². The summed E-state index contributed by atoms with van der Waals surface area (Å²) in [6.45, 7) is 4.87. The summed E-state index contributed by atoms with van der Waals surface area (Å²) in [7, 11) is -1.88. The summed E-state index contributed by atoms with van der Waals surface area (Å²) in [4.78, 5) is 14.2. The van der Waals surface area contributed by atoms with E-state index in [0.717, 1.165) is 17.5 Å². The van der Waals surface area contributed by atoms with Crippen LogP contribution in [-0.4, -0.2) is 58.2 Å². The predicted molar refractivity (Wildman–Crippen MR) is 92.1 cm³/mol. The van der Waals surface area contributed by atoms with Crippen LogP contribution in [-0.2, 0) is 19.6 Å². The molecule has 0 spiro atoms. The quantitative estimate of drug-likeness (QED) is 0.640. The van der Waals surface area contributed by atoms with Crippen LogP contribution in [0.5, 0.6) is 0 Å². The average molecular weight is 342 g/mol. The number of anilines is 1. The number of nitrogens with zero attached hydrogens (tertiary/aromatic N) is 2. The van der Waals surface area contributed by atoms with E-state index in [9.17, 15) is 13.2 Å². The van der Waals surface area contributed by atoms with E-state index in [1.165, 1.54) is 4.31 Å². The molecule has 0 atom stereocenters. The number of ether oxygens (including phenoxy) is 1. The van der Waals surface area contributed by atoms with Crippen LogP contribution in [0.1, 0.15) is 18.9 Å². The third kappa shape index (κ3) is 6.29. The number of amides is 1. The molecule has 0 bridgehead atoms. The van der Waals surface area contributed by atoms with Gasteiger partial charge in [0.05, 0.1) is 12.8 Å². The lowest BCUT2D eigenvalue weighted by atomic mass is 10.2. The molecule has 7 heteroatoms. The molecule has 1 amide bonds. The first-order valence-corrected chi connectivity index (χ1v) is 9.45. The minimum Gasteiger partial charge on any atom is -0.385 e. The fraction of sp³-hybridized carbons (Fsp3) is 0.562. The maximum atomic E-state index is 12.6. The molecule has 1 aromatic rings. The molecular weight excluding hydrogens is 316 g/mol. The Balaban J connectivity index is 2.87. The van der Waals surface area contributed by atoms with Crippen molar-refractivity contribution in [2.75, 3.05) is 44.5 Å². The van der Waals surface area contributed by atoms with Gasteiger partial charge in [-0.05, 0) is 38.0 Å². The van der Waals surface area contributed by atoms with Crippen LogP contribution in [0.2, 0.25) is 0 Å². The van der Waals surface area contributed by atoms with Crippen molar-refractivity contribution < 1.29 is 17.9 Å². The minimum atomic E-state index is -3.44. The summed E-state index contributed by atoms with van der Waals surface area (Å²) in [5.41, 5.74) is 1.83. The number of sulfonamides is 1. The molecule has 0 aliphatic rings. The largest absolute Gasteiger partial charge is 0.385 e. The predicted octanol–water partition coefficient (Wildman–Crippen LogP) is 1.65. The third-order valence-electron chi connectivity index (χ3n) is 3.47. The number of rotatable bonds is 9. The fourth-order valence-corrected chi connectivity index (χ4v) is 3.09. The summed E-state index contributed by atoms with van der Waals surface area (Å²) in [6, 6.07) is 7.60. The van der Waals surface area contributed by atoms with E-state index < -0.39 is 10.0 Å². The standard InChI is InChI=1S/C16H26N2O4S/c1-5-18(15-9-6-8-14(2)12-15)16(19)13-17(23(4,20)21)10-7-11-22-3/h6,8-9,12H,5,7,10-11,13H2,1-4H3. The van der Waals surface area contributed by atoms with E-state index in [-0.39, 0.29) is 19.0 Å². The number of likely N-dealkylation sites (N-methyl/N-ethyl adjacent to an activating group) is 1. The van der Waals surface area contributed by atoms with Crippen LogP contribution >= 0.6 is 0 Å². The van der Waals surface area contributed by atoms with Gasteiger partial charge < -0.3 is 9.64 Å². The van der Waals surface area contributed by atoms with Gasteiger partial charge in [-0.25, -0.2) is 8.42 Å². The van der Waals surface area contributed by atoms with E-state index in [0.29, 0.717) is 19.6 Å². The lowest BCUT2D eigenvalue weighted by molar-refractivity contribution is -0.118. The topological polar surface area (TPSA) is 66.9 Å². The van der Waals surface area contributed by atoms with Crippen LogP contribution < -0.4 is 4.90 Å². The van der Waals surface area contributed by atoms with Crippen LogP contribution in [0, 0.1) is 6.92 Å². The van der Waals surface area contributed by atoms with Gasteiger partial charge in [0, 0.05) is 32.5 Å². The van der Waals surface area contributed by atoms with Crippen molar-refractivity contribution in [3.05, 3.63) is 29.8 Å². The molecule has 0 heterocycles. The minimum absolute atomic E-state index is 0.162. The third-order valence-corrected chi connectivity index (χ3v) is 4.72. The first-order valence-electron chi connectivity index (χ1n) is 7.60. The van der Waals surface area contributed by atoms with Crippen LogP contribution in [0.4, 0.5) is 5.69 Å². The second kappa shape index (κ2) is 9.00. The van der Waals surface area contributed by atoms with Gasteiger partial charge in [-0.3, -0.25) is 4.79 Å². The van der Waals surface area contributed by atoms with Crippen molar-refractivity contribution >= 4 is 21.6 Å². The Morgan fingerprint density at radius 2 is 2.00 bits per heavy atom. The van der Waals surface area contributed by atoms with Crippen molar-refractivity contribution in [1.29, 1.82) is 0 Å². The van der Waals surface area contributed by atoms with Crippen molar-refractivity contribution in [3.63, 3.8) is 0 Å². The molecule has 23 heavy (non-hydrogen) atoms. The van der Waals surface area contributed by atoms with E-state index in [1.54, 1.807) is 12.0 Å². The van der Waals surface area contributed by atoms with Crippen molar-refractivity contribution in [2.24, 2.45) is 0 Å². The van der Waals surface area contributed by atoms with Gasteiger partial charge in [-0.15, -0.1) is 0 Å². The highest BCUT2D eigenvalue weighted by Gasteiger charge is 2.23. The monoisotopic (exact) mass is 342 g/mol. The van der Waals surface area contributed by atoms with Gasteiger partial charge in [0.2, 0.25) is 15.9 Å². The normalized spacial score (nSPS) is 11.7. The van der Waals surface area contributed by atoms with Gasteiger partial charge in [-0.2, -0.15) is 4.31 Å². The smallest absolute Gasteiger partial charge is 0.242 e. The van der Waals surface area contributed by atoms with Crippen molar-refractivity contribution in [3.8, 4) is 0 Å². The lowest BCUT2D eigenvalue weighted by Crippen LogP contribution is -2.43. The van der Waals surface area contributed by atoms with Gasteiger partial charge in [-0.1, -0.05) is 12.1 Å². The van der Waals surface area contributed by atoms with Gasteiger partial charge in [0.25, 0.3) is 0 Å². The molecule has 0 unspecified atom stereocenters. The molecule has 6 nitrogen and oxygen atoms in total. The Hall–Kier alpha value is -1.44. The molecule has 0 N–H and O–H groups in total. The maximum absolute atomic E-state index is 12.6. The molecule has 0 saturated carbocycles. The summed E-state index contributed by atoms with van der Waals surface area (Å²) in [5, 5.41) is 0. The number of methoxy groups -OCH3 is 1. The second-order valence-electron chi connectivity index (χ2n) is 5.42. The second-order valence-corrected chi connectivity index (χ2v) is 7.40. The molecule has 0 aromatic heterocycles. The van der Waals surface area contributed by atoms with Gasteiger partial charge in [0.15, 0.2) is 0 Å². The van der Waals surface area contributed by atoms with Crippen LogP contribution in [0.25, 0.3) is 0 Å². The van der Waals surface area contributed by atoms with E-state index in [2.05, 4.69) is 0 Å². The number of carbonyl (C=O) groups excluding carboxylic acids is 1. The Kier molecular flexibility index (Phi) is 7.67. The SMILES string of the molecule is CCN(C(=O)CN(CCCOC)S(C)(=O)=O)c1cccc(C)c1. The summed E-state index contributed by atoms with van der Waals surface area (Å²) in [5.74, 6) is -0.235. The highest BCUT2D eigenvalue weighted by atomic mass is 32.2. The Labute approximate surface area is 139 Å². The number of aryl methyl sites for hydroxylation is 1. The highest BCUT2D eigenvalue weighted by molar-refractivity contribution is 7.88. The average Bonchev–Trinajstić information content (AvgIpc) is 2.46. The fourth-order valence-electron chi connectivity index (χ4n) is 2.28. The molecule has 0 saturated heterocycles. The number of hydrogen-bond donors (Lipinski definition) is 0. The number of hydrogen-bond acceptors (Lipinski definition) is 4. The van der Waals surface area contributed by atoms with E-state index in [1.807, 2.05) is 38.1 Å². The molecule has 1 aromatic carbocycles. The summed E-state index contributed by atoms with van der Waals surface area (Å²) in [6.07, 6.45) is 1.67. The summed E-state index contributed by atoms with van der Waals surface area (Å²) < 4.78 is 29.9. The van der Waals surface area contributed by atoms with Crippen LogP contribution in [0.15, 0.2) is 24.3 Å². The zero-order valence-electron chi connectivity index (χ0n) is 14.3. The van der Waals surface area contributed by atoms with Crippen molar-refractivity contribution in [1.82, 2.24) is 4.31 Å². The molecule has 0 aliphatic carbocycles. The molecule has 130 valence electrons. The number of benzene rings is 1. The van der Waals surface area contributed by atoms with E-state index in [4.69, 9.17) is 4.74 Å². The van der Waals surface area contributed by atoms with Gasteiger partial charge >= 0.3 is 0 Å². The highest BCUT2D eigenvalue weighted by Crippen LogP contribution is 2.16. The maximum Gasteiger partial charge on any atom is 0.242 e. The van der Waals surface area contributed by atoms with Crippen LogP contribution in [0.3, 0.4) is 0 Å². The molecular formula is C16H26N2O4S. The molecule has 1 rings (SSSR count). The first-order chi connectivity index (χ1) is 10.8. The Morgan fingerprint density at radius 1 is 1.30 bits per heavy atom. The zero-order valence-corrected chi connectivity index (χ0v) is 15.1. The number of carbonyl (C=O) groups is 1. The molecule has 0 aliphatic heterocycles.